The Morgan fingerprint density at radius 3 is 3.05 bits per heavy atom. The first-order chi connectivity index (χ1) is 10.2. The predicted octanol–water partition coefficient (Wildman–Crippen LogP) is 4.23. The molecule has 2 aliphatic rings. The Labute approximate surface area is 136 Å². The molecular formula is C17H25BrN2O. The van der Waals surface area contributed by atoms with Crippen LogP contribution in [0.2, 0.25) is 0 Å². The third-order valence-corrected chi connectivity index (χ3v) is 5.63. The fourth-order valence-electron chi connectivity index (χ4n) is 3.68. The molecule has 1 N–H and O–H groups in total. The van der Waals surface area contributed by atoms with Crippen molar-refractivity contribution in [3.05, 3.63) is 28.5 Å². The molecule has 0 radical (unpaired) electrons. The first kappa shape index (κ1) is 15.4. The third kappa shape index (κ3) is 3.33. The van der Waals surface area contributed by atoms with Gasteiger partial charge in [0.15, 0.2) is 0 Å². The minimum Gasteiger partial charge on any atom is -0.375 e. The van der Waals surface area contributed by atoms with Gasteiger partial charge in [0.05, 0.1) is 17.3 Å². The van der Waals surface area contributed by atoms with Gasteiger partial charge in [-0.1, -0.05) is 6.92 Å². The molecule has 1 aromatic heterocycles. The number of rotatable bonds is 5. The van der Waals surface area contributed by atoms with Crippen LogP contribution in [0.4, 0.5) is 0 Å². The highest BCUT2D eigenvalue weighted by atomic mass is 79.9. The van der Waals surface area contributed by atoms with Gasteiger partial charge in [0, 0.05) is 17.3 Å². The van der Waals surface area contributed by atoms with E-state index in [1.807, 2.05) is 12.3 Å². The number of nitrogens with one attached hydrogen (secondary N) is 1. The van der Waals surface area contributed by atoms with Crippen LogP contribution in [0.5, 0.6) is 0 Å². The van der Waals surface area contributed by atoms with E-state index in [0.29, 0.717) is 12.0 Å². The lowest BCUT2D eigenvalue weighted by Crippen LogP contribution is -2.48. The number of ether oxygens (including phenoxy) is 1. The molecule has 116 valence electrons. The van der Waals surface area contributed by atoms with Crippen LogP contribution in [0.25, 0.3) is 0 Å². The van der Waals surface area contributed by atoms with Crippen molar-refractivity contribution in [3.8, 4) is 0 Å². The van der Waals surface area contributed by atoms with E-state index in [1.165, 1.54) is 25.7 Å². The van der Waals surface area contributed by atoms with Gasteiger partial charge in [0.25, 0.3) is 0 Å². The van der Waals surface area contributed by atoms with Crippen molar-refractivity contribution in [2.24, 2.45) is 5.92 Å². The van der Waals surface area contributed by atoms with Crippen molar-refractivity contribution in [3.63, 3.8) is 0 Å². The van der Waals surface area contributed by atoms with Gasteiger partial charge < -0.3 is 10.1 Å². The largest absolute Gasteiger partial charge is 0.375 e. The number of aromatic nitrogens is 1. The van der Waals surface area contributed by atoms with E-state index in [2.05, 4.69) is 39.2 Å². The molecule has 0 aromatic carbocycles. The Morgan fingerprint density at radius 2 is 2.38 bits per heavy atom. The van der Waals surface area contributed by atoms with Gasteiger partial charge in [-0.25, -0.2) is 0 Å². The Hall–Kier alpha value is -0.450. The molecule has 3 nitrogen and oxygen atoms in total. The van der Waals surface area contributed by atoms with Gasteiger partial charge in [0.1, 0.15) is 0 Å². The highest BCUT2D eigenvalue weighted by Crippen LogP contribution is 2.47. The second kappa shape index (κ2) is 6.76. The van der Waals surface area contributed by atoms with E-state index in [-0.39, 0.29) is 5.60 Å². The normalized spacial score (nSPS) is 25.5. The molecule has 3 rings (SSSR count). The van der Waals surface area contributed by atoms with E-state index in [4.69, 9.17) is 4.74 Å². The zero-order valence-electron chi connectivity index (χ0n) is 12.8. The Balaban J connectivity index is 1.80. The monoisotopic (exact) mass is 352 g/mol. The maximum atomic E-state index is 6.09. The Bertz CT molecular complexity index is 476. The van der Waals surface area contributed by atoms with Crippen LogP contribution >= 0.6 is 15.9 Å². The number of pyridine rings is 1. The molecule has 1 aliphatic carbocycles. The molecule has 2 atom stereocenters. The van der Waals surface area contributed by atoms with E-state index < -0.39 is 0 Å². The number of hydrogen-bond donors (Lipinski definition) is 1. The summed E-state index contributed by atoms with van der Waals surface area (Å²) >= 11 is 3.68. The molecule has 4 heteroatoms. The molecule has 2 fully saturated rings. The van der Waals surface area contributed by atoms with Crippen LogP contribution < -0.4 is 5.32 Å². The Kier molecular flexibility index (Phi) is 4.97. The minimum absolute atomic E-state index is 0.191. The topological polar surface area (TPSA) is 34.2 Å². The summed E-state index contributed by atoms with van der Waals surface area (Å²) in [5.41, 5.74) is 1.35. The lowest BCUT2D eigenvalue weighted by molar-refractivity contribution is -0.147. The van der Waals surface area contributed by atoms with Gasteiger partial charge in [0.2, 0.25) is 0 Å². The van der Waals surface area contributed by atoms with Crippen LogP contribution in [-0.4, -0.2) is 23.7 Å². The summed E-state index contributed by atoms with van der Waals surface area (Å²) in [5.74, 6) is 0.622. The summed E-state index contributed by atoms with van der Waals surface area (Å²) in [6.07, 6.45) is 9.17. The van der Waals surface area contributed by atoms with Gasteiger partial charge in [-0.3, -0.25) is 4.98 Å². The van der Waals surface area contributed by atoms with Crippen LogP contribution in [0.1, 0.15) is 57.2 Å². The summed E-state index contributed by atoms with van der Waals surface area (Å²) in [4.78, 5) is 4.65. The van der Waals surface area contributed by atoms with Gasteiger partial charge in [-0.2, -0.15) is 0 Å². The highest BCUT2D eigenvalue weighted by molar-refractivity contribution is 9.10. The molecule has 21 heavy (non-hydrogen) atoms. The standard InChI is InChI=1S/C17H25BrN2O/c1-2-9-19-15(16-14(18)5-3-10-20-16)13-6-11-21-17(12-13)7-4-8-17/h3,5,10,13,15,19H,2,4,6-9,11-12H2,1H3. The van der Waals surface area contributed by atoms with Crippen molar-refractivity contribution >= 4 is 15.9 Å². The SMILES string of the molecule is CCCNC(c1ncccc1Br)C1CCOC2(CCC2)C1. The van der Waals surface area contributed by atoms with Crippen LogP contribution in [0.3, 0.4) is 0 Å². The maximum Gasteiger partial charge on any atom is 0.0717 e. The maximum absolute atomic E-state index is 6.09. The second-order valence-electron chi connectivity index (χ2n) is 6.44. The molecule has 2 heterocycles. The second-order valence-corrected chi connectivity index (χ2v) is 7.29. The molecule has 1 aliphatic heterocycles. The highest BCUT2D eigenvalue weighted by Gasteiger charge is 2.44. The molecule has 1 saturated carbocycles. The van der Waals surface area contributed by atoms with E-state index in [0.717, 1.165) is 36.2 Å². The van der Waals surface area contributed by atoms with Crippen molar-refractivity contribution < 1.29 is 4.74 Å². The fourth-order valence-corrected chi connectivity index (χ4v) is 4.18. The summed E-state index contributed by atoms with van der Waals surface area (Å²) in [6.45, 7) is 4.16. The summed E-state index contributed by atoms with van der Waals surface area (Å²) in [7, 11) is 0. The van der Waals surface area contributed by atoms with Crippen LogP contribution in [0, 0.1) is 5.92 Å². The summed E-state index contributed by atoms with van der Waals surface area (Å²) in [5, 5.41) is 3.73. The summed E-state index contributed by atoms with van der Waals surface area (Å²) < 4.78 is 7.21. The lowest BCUT2D eigenvalue weighted by atomic mass is 9.70. The van der Waals surface area contributed by atoms with E-state index in [1.54, 1.807) is 0 Å². The minimum atomic E-state index is 0.191. The number of hydrogen-bond acceptors (Lipinski definition) is 3. The van der Waals surface area contributed by atoms with E-state index >= 15 is 0 Å². The lowest BCUT2D eigenvalue weighted by Gasteiger charge is -2.48. The molecule has 1 spiro atoms. The molecular weight excluding hydrogens is 328 g/mol. The zero-order valence-corrected chi connectivity index (χ0v) is 14.4. The van der Waals surface area contributed by atoms with Crippen molar-refractivity contribution in [2.75, 3.05) is 13.2 Å². The third-order valence-electron chi connectivity index (χ3n) is 4.96. The first-order valence-electron chi connectivity index (χ1n) is 8.22. The smallest absolute Gasteiger partial charge is 0.0717 e. The molecule has 0 bridgehead atoms. The quantitative estimate of drug-likeness (QED) is 0.860. The summed E-state index contributed by atoms with van der Waals surface area (Å²) in [6, 6.07) is 4.42. The predicted molar refractivity (Wildman–Crippen MR) is 88.2 cm³/mol. The fraction of sp³-hybridized carbons (Fsp3) is 0.706. The van der Waals surface area contributed by atoms with Crippen LogP contribution in [0.15, 0.2) is 22.8 Å². The molecule has 0 amide bonds. The molecule has 1 saturated heterocycles. The number of nitrogens with zero attached hydrogens (tertiary/aromatic N) is 1. The van der Waals surface area contributed by atoms with Crippen molar-refractivity contribution in [2.45, 2.75) is 57.1 Å². The Morgan fingerprint density at radius 1 is 1.52 bits per heavy atom. The number of halogens is 1. The molecule has 1 aromatic rings. The van der Waals surface area contributed by atoms with Crippen LogP contribution in [-0.2, 0) is 4.74 Å². The van der Waals surface area contributed by atoms with E-state index in [9.17, 15) is 0 Å². The van der Waals surface area contributed by atoms with Crippen molar-refractivity contribution in [1.29, 1.82) is 0 Å². The first-order valence-corrected chi connectivity index (χ1v) is 9.01. The zero-order chi connectivity index (χ0) is 14.7. The van der Waals surface area contributed by atoms with Crippen molar-refractivity contribution in [1.82, 2.24) is 10.3 Å². The van der Waals surface area contributed by atoms with Gasteiger partial charge in [-0.15, -0.1) is 0 Å². The molecule has 2 unspecified atom stereocenters. The average Bonchev–Trinajstić information content (AvgIpc) is 2.48. The van der Waals surface area contributed by atoms with Gasteiger partial charge in [-0.05, 0) is 79.1 Å². The van der Waals surface area contributed by atoms with Gasteiger partial charge >= 0.3 is 0 Å². The average molecular weight is 353 g/mol.